The van der Waals surface area contributed by atoms with Crippen molar-refractivity contribution in [2.45, 2.75) is 46.2 Å². The van der Waals surface area contributed by atoms with Crippen LogP contribution in [0.3, 0.4) is 0 Å². The summed E-state index contributed by atoms with van der Waals surface area (Å²) < 4.78 is 2.20. The zero-order valence-electron chi connectivity index (χ0n) is 12.6. The summed E-state index contributed by atoms with van der Waals surface area (Å²) in [5.41, 5.74) is 6.78. The molecule has 1 unspecified atom stereocenters. The summed E-state index contributed by atoms with van der Waals surface area (Å²) in [7, 11) is 0. The highest BCUT2D eigenvalue weighted by Crippen LogP contribution is 2.23. The number of imidazole rings is 1. The molecular weight excluding hydrogens is 248 g/mol. The Hall–Kier alpha value is -1.65. The van der Waals surface area contributed by atoms with Crippen LogP contribution in [0, 0.1) is 13.8 Å². The van der Waals surface area contributed by atoms with Crippen molar-refractivity contribution in [2.75, 3.05) is 0 Å². The molecule has 0 aliphatic heterocycles. The topological polar surface area (TPSA) is 55.9 Å². The normalized spacial score (nSPS) is 12.6. The van der Waals surface area contributed by atoms with Gasteiger partial charge in [-0.2, -0.15) is 0 Å². The average Bonchev–Trinajstić information content (AvgIpc) is 2.87. The van der Waals surface area contributed by atoms with Crippen LogP contribution in [-0.4, -0.2) is 9.55 Å². The summed E-state index contributed by atoms with van der Waals surface area (Å²) in [6.07, 6.45) is 5.80. The number of aryl methyl sites for hydroxylation is 2. The number of benzene rings is 1. The van der Waals surface area contributed by atoms with E-state index in [0.29, 0.717) is 0 Å². The fourth-order valence-corrected chi connectivity index (χ4v) is 2.57. The number of rotatable bonds is 6. The fourth-order valence-electron chi connectivity index (χ4n) is 2.57. The Balaban J connectivity index is 2.24. The van der Waals surface area contributed by atoms with Crippen LogP contribution in [0.15, 0.2) is 30.6 Å². The molecule has 1 heterocycles. The van der Waals surface area contributed by atoms with Gasteiger partial charge in [0.15, 0.2) is 0 Å². The number of hydrazine groups is 1. The van der Waals surface area contributed by atoms with E-state index in [1.165, 1.54) is 16.7 Å². The lowest BCUT2D eigenvalue weighted by molar-refractivity contribution is 0.515. The van der Waals surface area contributed by atoms with E-state index < -0.39 is 0 Å². The molecule has 0 saturated carbocycles. The quantitative estimate of drug-likeness (QED) is 0.628. The van der Waals surface area contributed by atoms with Crippen LogP contribution < -0.4 is 11.3 Å². The third-order valence-corrected chi connectivity index (χ3v) is 3.88. The van der Waals surface area contributed by atoms with Gasteiger partial charge in [0.2, 0.25) is 0 Å². The lowest BCUT2D eigenvalue weighted by Crippen LogP contribution is -2.31. The summed E-state index contributed by atoms with van der Waals surface area (Å²) in [5, 5.41) is 0. The number of aromatic nitrogens is 2. The molecule has 0 amide bonds. The van der Waals surface area contributed by atoms with E-state index >= 15 is 0 Å². The summed E-state index contributed by atoms with van der Waals surface area (Å²) in [5.74, 6) is 6.86. The first-order valence-electron chi connectivity index (χ1n) is 7.19. The maximum Gasteiger partial charge on any atom is 0.110 e. The van der Waals surface area contributed by atoms with Gasteiger partial charge in [0.05, 0.1) is 6.04 Å². The molecular formula is C16H24N4. The molecule has 2 rings (SSSR count). The molecule has 1 atom stereocenters. The minimum Gasteiger partial charge on any atom is -0.335 e. The maximum absolute atomic E-state index is 5.78. The lowest BCUT2D eigenvalue weighted by atomic mass is 9.96. The smallest absolute Gasteiger partial charge is 0.110 e. The molecule has 0 radical (unpaired) electrons. The van der Waals surface area contributed by atoms with Crippen molar-refractivity contribution in [3.05, 3.63) is 53.1 Å². The molecule has 4 nitrogen and oxygen atoms in total. The largest absolute Gasteiger partial charge is 0.335 e. The monoisotopic (exact) mass is 272 g/mol. The van der Waals surface area contributed by atoms with Crippen LogP contribution in [0.1, 0.15) is 41.9 Å². The Morgan fingerprint density at radius 2 is 2.15 bits per heavy atom. The Labute approximate surface area is 121 Å². The van der Waals surface area contributed by atoms with Gasteiger partial charge in [-0.05, 0) is 37.0 Å². The van der Waals surface area contributed by atoms with Crippen LogP contribution in [0.25, 0.3) is 0 Å². The van der Waals surface area contributed by atoms with Crippen molar-refractivity contribution >= 4 is 0 Å². The second-order valence-electron chi connectivity index (χ2n) is 5.25. The van der Waals surface area contributed by atoms with Gasteiger partial charge in [0.1, 0.15) is 5.82 Å². The molecule has 0 bridgehead atoms. The SMILES string of the molecule is CCCn1ccnc1CC(NN)c1cccc(C)c1C. The van der Waals surface area contributed by atoms with E-state index in [2.05, 4.69) is 53.9 Å². The molecule has 0 spiro atoms. The molecule has 20 heavy (non-hydrogen) atoms. The third kappa shape index (κ3) is 3.08. The third-order valence-electron chi connectivity index (χ3n) is 3.88. The van der Waals surface area contributed by atoms with Gasteiger partial charge in [0, 0.05) is 25.4 Å². The van der Waals surface area contributed by atoms with Crippen molar-refractivity contribution in [3.8, 4) is 0 Å². The number of hydrogen-bond acceptors (Lipinski definition) is 3. The summed E-state index contributed by atoms with van der Waals surface area (Å²) in [4.78, 5) is 4.47. The Bertz CT molecular complexity index is 559. The van der Waals surface area contributed by atoms with Crippen LogP contribution in [0.4, 0.5) is 0 Å². The first kappa shape index (κ1) is 14.8. The van der Waals surface area contributed by atoms with Crippen molar-refractivity contribution in [1.82, 2.24) is 15.0 Å². The summed E-state index contributed by atoms with van der Waals surface area (Å²) in [6, 6.07) is 6.44. The first-order valence-corrected chi connectivity index (χ1v) is 7.19. The van der Waals surface area contributed by atoms with Crippen LogP contribution in [-0.2, 0) is 13.0 Å². The number of nitrogens with zero attached hydrogens (tertiary/aromatic N) is 2. The molecule has 2 aromatic rings. The van der Waals surface area contributed by atoms with Gasteiger partial charge in [-0.3, -0.25) is 11.3 Å². The molecule has 0 fully saturated rings. The number of hydrogen-bond donors (Lipinski definition) is 2. The predicted molar refractivity (Wildman–Crippen MR) is 82.2 cm³/mol. The first-order chi connectivity index (χ1) is 9.67. The number of nitrogens with one attached hydrogen (secondary N) is 1. The van der Waals surface area contributed by atoms with Crippen molar-refractivity contribution in [1.29, 1.82) is 0 Å². The second kappa shape index (κ2) is 6.68. The minimum absolute atomic E-state index is 0.0907. The van der Waals surface area contributed by atoms with Gasteiger partial charge < -0.3 is 4.57 Å². The van der Waals surface area contributed by atoms with E-state index in [-0.39, 0.29) is 6.04 Å². The van der Waals surface area contributed by atoms with Gasteiger partial charge >= 0.3 is 0 Å². The molecule has 0 aliphatic carbocycles. The van der Waals surface area contributed by atoms with Crippen LogP contribution in [0.5, 0.6) is 0 Å². The molecule has 1 aromatic carbocycles. The fraction of sp³-hybridized carbons (Fsp3) is 0.438. The van der Waals surface area contributed by atoms with E-state index in [4.69, 9.17) is 5.84 Å². The highest BCUT2D eigenvalue weighted by Gasteiger charge is 2.16. The minimum atomic E-state index is 0.0907. The van der Waals surface area contributed by atoms with Gasteiger partial charge in [0.25, 0.3) is 0 Å². The molecule has 0 saturated heterocycles. The lowest BCUT2D eigenvalue weighted by Gasteiger charge is -2.20. The zero-order valence-corrected chi connectivity index (χ0v) is 12.6. The number of nitrogens with two attached hydrogens (primary N) is 1. The van der Waals surface area contributed by atoms with Crippen molar-refractivity contribution in [3.63, 3.8) is 0 Å². The molecule has 108 valence electrons. The molecule has 3 N–H and O–H groups in total. The van der Waals surface area contributed by atoms with Crippen molar-refractivity contribution in [2.24, 2.45) is 5.84 Å². The Morgan fingerprint density at radius 3 is 2.85 bits per heavy atom. The molecule has 0 aliphatic rings. The summed E-state index contributed by atoms with van der Waals surface area (Å²) in [6.45, 7) is 7.45. The van der Waals surface area contributed by atoms with E-state index in [1.807, 2.05) is 12.4 Å². The van der Waals surface area contributed by atoms with E-state index in [9.17, 15) is 0 Å². The van der Waals surface area contributed by atoms with Crippen LogP contribution >= 0.6 is 0 Å². The van der Waals surface area contributed by atoms with Gasteiger partial charge in [-0.25, -0.2) is 4.98 Å². The van der Waals surface area contributed by atoms with Gasteiger partial charge in [-0.1, -0.05) is 25.1 Å². The average molecular weight is 272 g/mol. The van der Waals surface area contributed by atoms with E-state index in [0.717, 1.165) is 25.2 Å². The Kier molecular flexibility index (Phi) is 4.93. The standard InChI is InChI=1S/C16H24N4/c1-4-9-20-10-8-18-16(20)11-15(19-17)14-7-5-6-12(2)13(14)3/h5-8,10,15,19H,4,9,11,17H2,1-3H3. The zero-order chi connectivity index (χ0) is 14.5. The predicted octanol–water partition coefficient (Wildman–Crippen LogP) is 2.66. The molecule has 4 heteroatoms. The summed E-state index contributed by atoms with van der Waals surface area (Å²) >= 11 is 0. The van der Waals surface area contributed by atoms with Gasteiger partial charge in [-0.15, -0.1) is 0 Å². The molecule has 1 aromatic heterocycles. The van der Waals surface area contributed by atoms with Crippen LogP contribution in [0.2, 0.25) is 0 Å². The highest BCUT2D eigenvalue weighted by atomic mass is 15.2. The van der Waals surface area contributed by atoms with E-state index in [1.54, 1.807) is 0 Å². The maximum atomic E-state index is 5.78. The Morgan fingerprint density at radius 1 is 1.35 bits per heavy atom. The van der Waals surface area contributed by atoms with Crippen molar-refractivity contribution < 1.29 is 0 Å². The highest BCUT2D eigenvalue weighted by molar-refractivity contribution is 5.35. The second-order valence-corrected chi connectivity index (χ2v) is 5.25.